The van der Waals surface area contributed by atoms with Crippen molar-refractivity contribution in [1.82, 2.24) is 4.98 Å². The molecule has 0 aliphatic carbocycles. The molecular formula is C11H2Cl6IN. The summed E-state index contributed by atoms with van der Waals surface area (Å²) in [5.74, 6) is 0. The first kappa shape index (κ1) is 16.2. The van der Waals surface area contributed by atoms with Gasteiger partial charge in [0.05, 0.1) is 25.1 Å². The minimum absolute atomic E-state index is 0.124. The minimum Gasteiger partial charge on any atom is -0.244 e. The van der Waals surface area contributed by atoms with E-state index in [4.69, 9.17) is 69.6 Å². The average Bonchev–Trinajstić information content (AvgIpc) is 2.37. The fourth-order valence-electron chi connectivity index (χ4n) is 1.43. The lowest BCUT2D eigenvalue weighted by atomic mass is 10.1. The van der Waals surface area contributed by atoms with Gasteiger partial charge in [0.1, 0.15) is 5.15 Å². The molecule has 1 heterocycles. The summed E-state index contributed by atoms with van der Waals surface area (Å²) < 4.78 is 0.816. The second-order valence-electron chi connectivity index (χ2n) is 3.43. The summed E-state index contributed by atoms with van der Waals surface area (Å²) >= 11 is 38.3. The number of nitrogens with zero attached hydrogens (tertiary/aromatic N) is 1. The monoisotopic (exact) mass is 485 g/mol. The van der Waals surface area contributed by atoms with E-state index < -0.39 is 0 Å². The highest BCUT2D eigenvalue weighted by Gasteiger charge is 2.22. The Morgan fingerprint density at radius 3 is 1.74 bits per heavy atom. The van der Waals surface area contributed by atoms with Crippen LogP contribution in [-0.4, -0.2) is 4.98 Å². The first-order chi connectivity index (χ1) is 8.84. The molecule has 8 heteroatoms. The molecular weight excluding hydrogens is 486 g/mol. The highest BCUT2D eigenvalue weighted by atomic mass is 127. The van der Waals surface area contributed by atoms with Gasteiger partial charge in [0.15, 0.2) is 0 Å². The summed E-state index contributed by atoms with van der Waals surface area (Å²) in [5.41, 5.74) is 1.16. The molecule has 0 atom stereocenters. The van der Waals surface area contributed by atoms with Crippen LogP contribution in [0.4, 0.5) is 0 Å². The largest absolute Gasteiger partial charge is 0.244 e. The number of halogens is 7. The number of pyridine rings is 1. The standard InChI is InChI=1S/C11H2Cl6IN/c12-5-1-4(18)3(2-19-5)6-7(13)9(15)11(17)10(16)8(6)14/h1-2H. The van der Waals surface area contributed by atoms with Crippen molar-refractivity contribution in [3.8, 4) is 11.1 Å². The van der Waals surface area contributed by atoms with Crippen LogP contribution in [0, 0.1) is 3.57 Å². The lowest BCUT2D eigenvalue weighted by Crippen LogP contribution is -1.91. The van der Waals surface area contributed by atoms with Gasteiger partial charge in [-0.3, -0.25) is 0 Å². The molecule has 0 fully saturated rings. The van der Waals surface area contributed by atoms with Crippen LogP contribution in [0.1, 0.15) is 0 Å². The molecule has 0 radical (unpaired) electrons. The molecule has 1 aromatic heterocycles. The molecule has 0 saturated carbocycles. The van der Waals surface area contributed by atoms with Crippen molar-refractivity contribution in [1.29, 1.82) is 0 Å². The van der Waals surface area contributed by atoms with Crippen LogP contribution >= 0.6 is 92.2 Å². The summed E-state index contributed by atoms with van der Waals surface area (Å²) in [4.78, 5) is 4.00. The van der Waals surface area contributed by atoms with Gasteiger partial charge in [-0.2, -0.15) is 0 Å². The molecule has 2 rings (SSSR count). The quantitative estimate of drug-likeness (QED) is 0.178. The number of hydrogen-bond donors (Lipinski definition) is 0. The molecule has 0 aliphatic heterocycles. The van der Waals surface area contributed by atoms with Crippen LogP contribution in [0.2, 0.25) is 30.3 Å². The SMILES string of the molecule is Clc1cc(I)c(-c2c(Cl)c(Cl)c(Cl)c(Cl)c2Cl)cn1. The van der Waals surface area contributed by atoms with Gasteiger partial charge in [0.25, 0.3) is 0 Å². The Morgan fingerprint density at radius 1 is 0.789 bits per heavy atom. The fraction of sp³-hybridized carbons (Fsp3) is 0. The van der Waals surface area contributed by atoms with Crippen molar-refractivity contribution < 1.29 is 0 Å². The van der Waals surface area contributed by atoms with E-state index in [2.05, 4.69) is 27.6 Å². The number of benzene rings is 1. The van der Waals surface area contributed by atoms with E-state index in [0.29, 0.717) is 16.3 Å². The summed E-state index contributed by atoms with van der Waals surface area (Å²) in [6.07, 6.45) is 1.55. The Bertz CT molecular complexity index is 644. The van der Waals surface area contributed by atoms with Crippen LogP contribution in [0.3, 0.4) is 0 Å². The van der Waals surface area contributed by atoms with E-state index in [0.717, 1.165) is 3.57 Å². The zero-order chi connectivity index (χ0) is 14.3. The Kier molecular flexibility index (Phi) is 5.38. The van der Waals surface area contributed by atoms with Crippen molar-refractivity contribution in [2.24, 2.45) is 0 Å². The van der Waals surface area contributed by atoms with E-state index in [-0.39, 0.29) is 25.1 Å². The van der Waals surface area contributed by atoms with E-state index >= 15 is 0 Å². The molecule has 0 spiro atoms. The second-order valence-corrected chi connectivity index (χ2v) is 6.87. The van der Waals surface area contributed by atoms with E-state index in [1.165, 1.54) is 0 Å². The molecule has 0 bridgehead atoms. The van der Waals surface area contributed by atoms with Crippen LogP contribution in [0.25, 0.3) is 11.1 Å². The maximum atomic E-state index is 6.20. The molecule has 2 aromatic rings. The van der Waals surface area contributed by atoms with Crippen molar-refractivity contribution >= 4 is 92.2 Å². The third-order valence-corrected chi connectivity index (χ3v) is 5.68. The van der Waals surface area contributed by atoms with Crippen LogP contribution in [0.15, 0.2) is 12.3 Å². The van der Waals surface area contributed by atoms with Gasteiger partial charge in [-0.25, -0.2) is 4.98 Å². The van der Waals surface area contributed by atoms with Crippen LogP contribution in [-0.2, 0) is 0 Å². The third kappa shape index (κ3) is 3.05. The molecule has 1 nitrogen and oxygen atoms in total. The first-order valence-electron chi connectivity index (χ1n) is 4.67. The van der Waals surface area contributed by atoms with E-state index in [1.807, 2.05) is 0 Å². The van der Waals surface area contributed by atoms with Crippen molar-refractivity contribution in [3.05, 3.63) is 46.1 Å². The van der Waals surface area contributed by atoms with Crippen molar-refractivity contribution in [2.45, 2.75) is 0 Å². The molecule has 0 saturated heterocycles. The zero-order valence-corrected chi connectivity index (χ0v) is 15.4. The Morgan fingerprint density at radius 2 is 1.26 bits per heavy atom. The van der Waals surface area contributed by atoms with Gasteiger partial charge in [0, 0.05) is 20.9 Å². The van der Waals surface area contributed by atoms with E-state index in [1.54, 1.807) is 12.3 Å². The maximum Gasteiger partial charge on any atom is 0.130 e. The average molecular weight is 488 g/mol. The molecule has 0 unspecified atom stereocenters. The van der Waals surface area contributed by atoms with Gasteiger partial charge in [-0.1, -0.05) is 69.6 Å². The second kappa shape index (κ2) is 6.30. The molecule has 1 aromatic carbocycles. The smallest absolute Gasteiger partial charge is 0.130 e. The Labute approximate surface area is 153 Å². The van der Waals surface area contributed by atoms with Crippen LogP contribution < -0.4 is 0 Å². The van der Waals surface area contributed by atoms with Gasteiger partial charge in [-0.15, -0.1) is 0 Å². The summed E-state index contributed by atoms with van der Waals surface area (Å²) in [7, 11) is 0. The van der Waals surface area contributed by atoms with Crippen molar-refractivity contribution in [3.63, 3.8) is 0 Å². The third-order valence-electron chi connectivity index (χ3n) is 2.30. The van der Waals surface area contributed by atoms with Gasteiger partial charge < -0.3 is 0 Å². The lowest BCUT2D eigenvalue weighted by molar-refractivity contribution is 1.31. The molecule has 100 valence electrons. The number of rotatable bonds is 1. The fourth-order valence-corrected chi connectivity index (χ4v) is 3.82. The molecule has 0 N–H and O–H groups in total. The first-order valence-corrected chi connectivity index (χ1v) is 8.02. The lowest BCUT2D eigenvalue weighted by Gasteiger charge is -2.13. The maximum absolute atomic E-state index is 6.20. The minimum atomic E-state index is 0.124. The Balaban J connectivity index is 2.83. The van der Waals surface area contributed by atoms with Crippen LogP contribution in [0.5, 0.6) is 0 Å². The predicted molar refractivity (Wildman–Crippen MR) is 92.5 cm³/mol. The normalized spacial score (nSPS) is 10.9. The summed E-state index contributed by atoms with van der Waals surface area (Å²) in [5, 5.41) is 1.24. The highest BCUT2D eigenvalue weighted by molar-refractivity contribution is 14.1. The number of aromatic nitrogens is 1. The molecule has 19 heavy (non-hydrogen) atoms. The van der Waals surface area contributed by atoms with Gasteiger partial charge >= 0.3 is 0 Å². The Hall–Kier alpha value is 0.840. The predicted octanol–water partition coefficient (Wildman–Crippen LogP) is 7.27. The van der Waals surface area contributed by atoms with Crippen molar-refractivity contribution in [2.75, 3.05) is 0 Å². The topological polar surface area (TPSA) is 12.9 Å². The molecule has 0 aliphatic rings. The zero-order valence-electron chi connectivity index (χ0n) is 8.75. The highest BCUT2D eigenvalue weighted by Crippen LogP contribution is 2.48. The molecule has 0 amide bonds. The number of hydrogen-bond acceptors (Lipinski definition) is 1. The summed E-state index contributed by atoms with van der Waals surface area (Å²) in [6, 6.07) is 1.68. The van der Waals surface area contributed by atoms with Gasteiger partial charge in [-0.05, 0) is 28.7 Å². The summed E-state index contributed by atoms with van der Waals surface area (Å²) in [6.45, 7) is 0. The van der Waals surface area contributed by atoms with E-state index in [9.17, 15) is 0 Å². The van der Waals surface area contributed by atoms with Gasteiger partial charge in [0.2, 0.25) is 0 Å².